The lowest BCUT2D eigenvalue weighted by Crippen LogP contribution is -2.24. The number of hydrogen-bond acceptors (Lipinski definition) is 5. The SMILES string of the molecule is CNC(=O)c1ccc2c(C)cn(C(C)C(=O)Nc3cc(Cn4cc(C(C)(C)C)nn4)ccc3CCCC(=O)O)c2c1. The Labute approximate surface area is 239 Å². The Bertz CT molecular complexity index is 1590. The van der Waals surface area contributed by atoms with Crippen molar-refractivity contribution in [1.29, 1.82) is 0 Å². The molecule has 3 N–H and O–H groups in total. The molecule has 1 atom stereocenters. The van der Waals surface area contributed by atoms with Gasteiger partial charge in [-0.25, -0.2) is 4.68 Å². The fourth-order valence-electron chi connectivity index (χ4n) is 4.79. The lowest BCUT2D eigenvalue weighted by Gasteiger charge is -2.18. The van der Waals surface area contributed by atoms with Crippen LogP contribution in [0.4, 0.5) is 5.69 Å². The fraction of sp³-hybridized carbons (Fsp3) is 0.387. The number of aryl methyl sites for hydroxylation is 2. The number of hydrogen-bond donors (Lipinski definition) is 3. The molecule has 0 aliphatic rings. The summed E-state index contributed by atoms with van der Waals surface area (Å²) < 4.78 is 3.65. The molecule has 0 spiro atoms. The zero-order valence-electron chi connectivity index (χ0n) is 24.5. The predicted molar refractivity (Wildman–Crippen MR) is 158 cm³/mol. The number of aromatic nitrogens is 4. The van der Waals surface area contributed by atoms with E-state index < -0.39 is 12.0 Å². The minimum absolute atomic E-state index is 0.0440. The first-order valence-electron chi connectivity index (χ1n) is 13.8. The summed E-state index contributed by atoms with van der Waals surface area (Å²) >= 11 is 0. The van der Waals surface area contributed by atoms with E-state index in [1.54, 1.807) is 23.9 Å². The average molecular weight is 559 g/mol. The van der Waals surface area contributed by atoms with E-state index in [0.717, 1.165) is 33.3 Å². The van der Waals surface area contributed by atoms with Crippen LogP contribution < -0.4 is 10.6 Å². The molecule has 2 aromatic heterocycles. The van der Waals surface area contributed by atoms with Crippen LogP contribution in [0.1, 0.15) is 79.3 Å². The Hall–Kier alpha value is -4.47. The van der Waals surface area contributed by atoms with Gasteiger partial charge in [0.05, 0.1) is 12.2 Å². The molecule has 2 amide bonds. The van der Waals surface area contributed by atoms with Crippen LogP contribution in [0.25, 0.3) is 10.9 Å². The summed E-state index contributed by atoms with van der Waals surface area (Å²) in [6, 6.07) is 10.7. The molecule has 0 fully saturated rings. The van der Waals surface area contributed by atoms with Crippen molar-refractivity contribution in [3.8, 4) is 0 Å². The molecule has 0 saturated carbocycles. The Morgan fingerprint density at radius 2 is 1.83 bits per heavy atom. The summed E-state index contributed by atoms with van der Waals surface area (Å²) in [6.45, 7) is 10.5. The molecule has 10 nitrogen and oxygen atoms in total. The number of rotatable bonds is 10. The maximum Gasteiger partial charge on any atom is 0.303 e. The number of anilines is 1. The quantitative estimate of drug-likeness (QED) is 0.255. The summed E-state index contributed by atoms with van der Waals surface area (Å²) in [6.07, 6.45) is 4.85. The number of fused-ring (bicyclic) bond motifs is 1. The number of carbonyl (C=O) groups is 3. The van der Waals surface area contributed by atoms with Crippen LogP contribution in [0.5, 0.6) is 0 Å². The van der Waals surface area contributed by atoms with E-state index in [1.807, 2.05) is 55.1 Å². The number of carbonyl (C=O) groups excluding carboxylic acids is 2. The number of carboxylic acids is 1. The molecule has 41 heavy (non-hydrogen) atoms. The number of nitrogens with one attached hydrogen (secondary N) is 2. The van der Waals surface area contributed by atoms with Crippen molar-refractivity contribution < 1.29 is 19.5 Å². The van der Waals surface area contributed by atoms with Crippen LogP contribution in [-0.2, 0) is 28.0 Å². The third kappa shape index (κ3) is 6.82. The molecule has 2 aromatic carbocycles. The van der Waals surface area contributed by atoms with Crippen molar-refractivity contribution in [3.05, 3.63) is 76.7 Å². The van der Waals surface area contributed by atoms with Gasteiger partial charge in [0.1, 0.15) is 6.04 Å². The topological polar surface area (TPSA) is 131 Å². The minimum Gasteiger partial charge on any atom is -0.481 e. The molecule has 0 bridgehead atoms. The van der Waals surface area contributed by atoms with Gasteiger partial charge in [0.15, 0.2) is 0 Å². The molecular weight excluding hydrogens is 520 g/mol. The van der Waals surface area contributed by atoms with Crippen molar-refractivity contribution in [2.75, 3.05) is 12.4 Å². The van der Waals surface area contributed by atoms with Crippen LogP contribution in [0.3, 0.4) is 0 Å². The maximum absolute atomic E-state index is 13.6. The lowest BCUT2D eigenvalue weighted by atomic mass is 9.93. The first-order valence-corrected chi connectivity index (χ1v) is 13.8. The van der Waals surface area contributed by atoms with Crippen molar-refractivity contribution in [3.63, 3.8) is 0 Å². The average Bonchev–Trinajstić information content (AvgIpc) is 3.53. The first-order chi connectivity index (χ1) is 19.4. The van der Waals surface area contributed by atoms with Gasteiger partial charge in [0.25, 0.3) is 5.91 Å². The monoisotopic (exact) mass is 558 g/mol. The second-order valence-corrected chi connectivity index (χ2v) is 11.5. The van der Waals surface area contributed by atoms with Crippen LogP contribution in [-0.4, -0.2) is 49.5 Å². The normalized spacial score (nSPS) is 12.3. The summed E-state index contributed by atoms with van der Waals surface area (Å²) in [5.41, 5.74) is 5.51. The van der Waals surface area contributed by atoms with Gasteiger partial charge in [0, 0.05) is 53.4 Å². The molecule has 4 aromatic rings. The van der Waals surface area contributed by atoms with Crippen molar-refractivity contribution in [1.82, 2.24) is 24.9 Å². The van der Waals surface area contributed by atoms with E-state index in [-0.39, 0.29) is 23.7 Å². The molecule has 216 valence electrons. The van der Waals surface area contributed by atoms with E-state index in [0.29, 0.717) is 30.6 Å². The molecule has 0 saturated heterocycles. The lowest BCUT2D eigenvalue weighted by molar-refractivity contribution is -0.137. The van der Waals surface area contributed by atoms with Crippen LogP contribution >= 0.6 is 0 Å². The smallest absolute Gasteiger partial charge is 0.303 e. The van der Waals surface area contributed by atoms with Gasteiger partial charge in [-0.1, -0.05) is 44.2 Å². The molecule has 0 aliphatic carbocycles. The molecule has 4 rings (SSSR count). The van der Waals surface area contributed by atoms with Gasteiger partial charge in [0.2, 0.25) is 5.91 Å². The Morgan fingerprint density at radius 3 is 2.49 bits per heavy atom. The summed E-state index contributed by atoms with van der Waals surface area (Å²) in [5.74, 6) is -1.27. The standard InChI is InChI=1S/C31H38N6O4/c1-19-16-37(26-15-23(30(41)32-6)12-13-24(19)26)20(2)29(40)33-25-14-21(10-11-22(25)8-7-9-28(38)39)17-36-18-27(34-35-36)31(3,4)5/h10-16,18,20H,7-9,17H2,1-6H3,(H,32,41)(H,33,40)(H,38,39). The van der Waals surface area contributed by atoms with E-state index in [2.05, 4.69) is 41.7 Å². The second kappa shape index (κ2) is 12.0. The number of carboxylic acid groups (broad SMARTS) is 1. The van der Waals surface area contributed by atoms with Crippen LogP contribution in [0, 0.1) is 6.92 Å². The summed E-state index contributed by atoms with van der Waals surface area (Å²) in [5, 5.41) is 24.4. The highest BCUT2D eigenvalue weighted by Crippen LogP contribution is 2.28. The number of amides is 2. The maximum atomic E-state index is 13.6. The molecule has 0 radical (unpaired) electrons. The number of benzene rings is 2. The first kappa shape index (κ1) is 29.5. The summed E-state index contributed by atoms with van der Waals surface area (Å²) in [7, 11) is 1.58. The zero-order chi connectivity index (χ0) is 29.9. The van der Waals surface area contributed by atoms with Crippen molar-refractivity contribution >= 4 is 34.4 Å². The van der Waals surface area contributed by atoms with E-state index in [4.69, 9.17) is 5.11 Å². The minimum atomic E-state index is -0.854. The summed E-state index contributed by atoms with van der Waals surface area (Å²) in [4.78, 5) is 37.0. The largest absolute Gasteiger partial charge is 0.481 e. The van der Waals surface area contributed by atoms with Gasteiger partial charge in [-0.15, -0.1) is 5.10 Å². The molecular formula is C31H38N6O4. The van der Waals surface area contributed by atoms with E-state index in [9.17, 15) is 14.4 Å². The second-order valence-electron chi connectivity index (χ2n) is 11.5. The van der Waals surface area contributed by atoms with Gasteiger partial charge in [-0.2, -0.15) is 0 Å². The highest BCUT2D eigenvalue weighted by atomic mass is 16.4. The molecule has 2 heterocycles. The van der Waals surface area contributed by atoms with Crippen LogP contribution in [0.2, 0.25) is 0 Å². The van der Waals surface area contributed by atoms with Crippen LogP contribution in [0.15, 0.2) is 48.8 Å². The third-order valence-corrected chi connectivity index (χ3v) is 7.24. The van der Waals surface area contributed by atoms with E-state index in [1.165, 1.54) is 0 Å². The number of nitrogens with zero attached hydrogens (tertiary/aromatic N) is 4. The van der Waals surface area contributed by atoms with Gasteiger partial charge >= 0.3 is 5.97 Å². The Balaban J connectivity index is 1.62. The Morgan fingerprint density at radius 1 is 1.07 bits per heavy atom. The van der Waals surface area contributed by atoms with Gasteiger partial charge in [-0.3, -0.25) is 14.4 Å². The van der Waals surface area contributed by atoms with Crippen molar-refractivity contribution in [2.24, 2.45) is 0 Å². The Kier molecular flexibility index (Phi) is 8.60. The molecule has 0 aliphatic heterocycles. The zero-order valence-corrected chi connectivity index (χ0v) is 24.5. The third-order valence-electron chi connectivity index (χ3n) is 7.24. The van der Waals surface area contributed by atoms with Gasteiger partial charge < -0.3 is 20.3 Å². The number of aliphatic carboxylic acids is 1. The van der Waals surface area contributed by atoms with Crippen molar-refractivity contribution in [2.45, 2.75) is 71.9 Å². The fourth-order valence-corrected chi connectivity index (χ4v) is 4.79. The predicted octanol–water partition coefficient (Wildman–Crippen LogP) is 4.85. The molecule has 1 unspecified atom stereocenters. The highest BCUT2D eigenvalue weighted by molar-refractivity contribution is 6.00. The van der Waals surface area contributed by atoms with E-state index >= 15 is 0 Å². The molecule has 10 heteroatoms. The van der Waals surface area contributed by atoms with Gasteiger partial charge in [-0.05, 0) is 61.6 Å². The highest BCUT2D eigenvalue weighted by Gasteiger charge is 2.21.